The fourth-order valence-corrected chi connectivity index (χ4v) is 1.75. The molecule has 0 aliphatic rings. The predicted octanol–water partition coefficient (Wildman–Crippen LogP) is 3.21. The number of rotatable bonds is 2. The van der Waals surface area contributed by atoms with Crippen LogP contribution in [0.15, 0.2) is 67.4 Å². The average molecular weight is 234 g/mol. The van der Waals surface area contributed by atoms with Gasteiger partial charge in [0.25, 0.3) is 0 Å². The fourth-order valence-electron chi connectivity index (χ4n) is 1.75. The van der Waals surface area contributed by atoms with Crippen molar-refractivity contribution in [2.75, 3.05) is 0 Å². The highest BCUT2D eigenvalue weighted by Crippen LogP contribution is 2.22. The summed E-state index contributed by atoms with van der Waals surface area (Å²) in [6.07, 6.45) is 6.69. The molecule has 1 aromatic carbocycles. The molecule has 0 fully saturated rings. The first-order chi connectivity index (χ1) is 9.34. The minimum atomic E-state index is 0.444. The third-order valence-electron chi connectivity index (χ3n) is 2.67. The summed E-state index contributed by atoms with van der Waals surface area (Å²) >= 11 is 0. The number of pyridine rings is 1. The smallest absolute Gasteiger partial charge is 0.116 e. The third-order valence-corrected chi connectivity index (χ3v) is 2.67. The Morgan fingerprint density at radius 2 is 1.78 bits per heavy atom. The van der Waals surface area contributed by atoms with Gasteiger partial charge in [-0.1, -0.05) is 30.3 Å². The molecule has 86 valence electrons. The minimum absolute atomic E-state index is 0.444. The number of hydrogen-bond donors (Lipinski definition) is 0. The van der Waals surface area contributed by atoms with Crippen molar-refractivity contribution in [1.29, 1.82) is 0 Å². The zero-order valence-electron chi connectivity index (χ0n) is 10.6. The van der Waals surface area contributed by atoms with Gasteiger partial charge in [-0.2, -0.15) is 0 Å². The van der Waals surface area contributed by atoms with E-state index in [9.17, 15) is 0 Å². The molecule has 3 rings (SSSR count). The van der Waals surface area contributed by atoms with Crippen LogP contribution in [-0.4, -0.2) is 15.0 Å². The predicted molar refractivity (Wildman–Crippen MR) is 70.7 cm³/mol. The summed E-state index contributed by atoms with van der Waals surface area (Å²) in [5, 5.41) is 0. The molecule has 0 spiro atoms. The molecule has 3 nitrogen and oxygen atoms in total. The molecule has 0 aliphatic heterocycles. The summed E-state index contributed by atoms with van der Waals surface area (Å²) in [6, 6.07) is 11.8. The zero-order valence-corrected chi connectivity index (χ0v) is 9.62. The Hall–Kier alpha value is -2.55. The van der Waals surface area contributed by atoms with Gasteiger partial charge in [0.1, 0.15) is 6.33 Å². The lowest BCUT2D eigenvalue weighted by molar-refractivity contribution is 1.17. The van der Waals surface area contributed by atoms with Gasteiger partial charge in [0.05, 0.1) is 7.06 Å². The molecule has 0 saturated heterocycles. The van der Waals surface area contributed by atoms with Crippen molar-refractivity contribution in [3.05, 3.63) is 67.4 Å². The van der Waals surface area contributed by atoms with E-state index < -0.39 is 0 Å². The van der Waals surface area contributed by atoms with Crippen LogP contribution in [-0.2, 0) is 0 Å². The summed E-state index contributed by atoms with van der Waals surface area (Å²) < 4.78 is 8.12. The Balaban J connectivity index is 2.04. The topological polar surface area (TPSA) is 38.7 Å². The van der Waals surface area contributed by atoms with Crippen LogP contribution in [0.4, 0.5) is 0 Å². The minimum Gasteiger partial charge on any atom is -0.264 e. The highest BCUT2D eigenvalue weighted by Gasteiger charge is 2.00. The standard InChI is InChI=1S/C15H11N3/c1-2-14(10-16-8-1)12-3-5-13(6-4-12)15-7-9-17-11-18-15/h1-11H/i5D. The van der Waals surface area contributed by atoms with E-state index in [1.165, 1.54) is 6.33 Å². The van der Waals surface area contributed by atoms with Crippen molar-refractivity contribution < 1.29 is 1.37 Å². The van der Waals surface area contributed by atoms with Crippen LogP contribution < -0.4 is 0 Å². The van der Waals surface area contributed by atoms with Crippen molar-refractivity contribution >= 4 is 0 Å². The molecule has 3 aromatic rings. The molecule has 0 N–H and O–H groups in total. The van der Waals surface area contributed by atoms with E-state index in [0.717, 1.165) is 22.4 Å². The Labute approximate surface area is 107 Å². The second-order valence-electron chi connectivity index (χ2n) is 3.83. The van der Waals surface area contributed by atoms with Crippen LogP contribution in [0.2, 0.25) is 0 Å². The molecule has 0 atom stereocenters. The van der Waals surface area contributed by atoms with Crippen molar-refractivity contribution in [3.8, 4) is 22.4 Å². The molecule has 2 aromatic heterocycles. The molecular formula is C15H11N3. The van der Waals surface area contributed by atoms with E-state index in [2.05, 4.69) is 15.0 Å². The molecule has 2 heterocycles. The maximum atomic E-state index is 8.12. The normalized spacial score (nSPS) is 11.0. The molecule has 0 saturated carbocycles. The van der Waals surface area contributed by atoms with Crippen molar-refractivity contribution in [3.63, 3.8) is 0 Å². The number of aromatic nitrogens is 3. The summed E-state index contributed by atoms with van der Waals surface area (Å²) in [7, 11) is 0. The fraction of sp³-hybridized carbons (Fsp3) is 0. The molecule has 0 unspecified atom stereocenters. The highest BCUT2D eigenvalue weighted by molar-refractivity contribution is 5.67. The van der Waals surface area contributed by atoms with E-state index in [1.54, 1.807) is 24.7 Å². The van der Waals surface area contributed by atoms with Crippen molar-refractivity contribution in [1.82, 2.24) is 15.0 Å². The summed E-state index contributed by atoms with van der Waals surface area (Å²) in [6.45, 7) is 0. The first-order valence-corrected chi connectivity index (χ1v) is 5.62. The van der Waals surface area contributed by atoms with Crippen molar-refractivity contribution in [2.24, 2.45) is 0 Å². The van der Waals surface area contributed by atoms with Gasteiger partial charge >= 0.3 is 0 Å². The van der Waals surface area contributed by atoms with E-state index in [1.807, 2.05) is 30.3 Å². The summed E-state index contributed by atoms with van der Waals surface area (Å²) in [5.74, 6) is 0. The lowest BCUT2D eigenvalue weighted by Gasteiger charge is -2.03. The second-order valence-corrected chi connectivity index (χ2v) is 3.83. The first kappa shape index (κ1) is 9.48. The van der Waals surface area contributed by atoms with Crippen LogP contribution >= 0.6 is 0 Å². The van der Waals surface area contributed by atoms with Gasteiger partial charge in [0.2, 0.25) is 0 Å². The molecule has 0 bridgehead atoms. The Bertz CT molecular complexity index is 684. The number of nitrogens with zero attached hydrogens (tertiary/aromatic N) is 3. The maximum Gasteiger partial charge on any atom is 0.116 e. The molecule has 0 aliphatic carbocycles. The SMILES string of the molecule is [2H]c1cc(-c2cccnc2)ccc1-c1ccncn1. The van der Waals surface area contributed by atoms with Gasteiger partial charge < -0.3 is 0 Å². The molecule has 18 heavy (non-hydrogen) atoms. The summed E-state index contributed by atoms with van der Waals surface area (Å²) in [5.41, 5.74) is 3.55. The van der Waals surface area contributed by atoms with Crippen LogP contribution in [0.3, 0.4) is 0 Å². The van der Waals surface area contributed by atoms with Gasteiger partial charge in [0.15, 0.2) is 0 Å². The molecular weight excluding hydrogens is 222 g/mol. The molecule has 0 amide bonds. The van der Waals surface area contributed by atoms with E-state index in [4.69, 9.17) is 1.37 Å². The van der Waals surface area contributed by atoms with Gasteiger partial charge in [0, 0.05) is 24.2 Å². The lowest BCUT2D eigenvalue weighted by atomic mass is 10.0. The first-order valence-electron chi connectivity index (χ1n) is 6.12. The quantitative estimate of drug-likeness (QED) is 0.683. The molecule has 3 heteroatoms. The van der Waals surface area contributed by atoms with Crippen LogP contribution in [0.5, 0.6) is 0 Å². The van der Waals surface area contributed by atoms with Crippen LogP contribution in [0.25, 0.3) is 22.4 Å². The van der Waals surface area contributed by atoms with Gasteiger partial charge in [-0.05, 0) is 23.3 Å². The van der Waals surface area contributed by atoms with Crippen molar-refractivity contribution in [2.45, 2.75) is 0 Å². The number of hydrogen-bond acceptors (Lipinski definition) is 3. The van der Waals surface area contributed by atoms with Crippen LogP contribution in [0.1, 0.15) is 1.37 Å². The maximum absolute atomic E-state index is 8.12. The Morgan fingerprint density at radius 1 is 0.833 bits per heavy atom. The molecule has 0 radical (unpaired) electrons. The Kier molecular flexibility index (Phi) is 2.50. The lowest BCUT2D eigenvalue weighted by Crippen LogP contribution is -1.84. The Morgan fingerprint density at radius 3 is 2.50 bits per heavy atom. The van der Waals surface area contributed by atoms with E-state index in [-0.39, 0.29) is 0 Å². The zero-order chi connectivity index (χ0) is 13.1. The van der Waals surface area contributed by atoms with Crippen LogP contribution in [0, 0.1) is 0 Å². The average Bonchev–Trinajstić information content (AvgIpc) is 2.49. The largest absolute Gasteiger partial charge is 0.264 e. The van der Waals surface area contributed by atoms with E-state index >= 15 is 0 Å². The highest BCUT2D eigenvalue weighted by atomic mass is 14.8. The van der Waals surface area contributed by atoms with Gasteiger partial charge in [-0.3, -0.25) is 4.98 Å². The second kappa shape index (κ2) is 4.75. The van der Waals surface area contributed by atoms with E-state index in [0.29, 0.717) is 6.04 Å². The van der Waals surface area contributed by atoms with Gasteiger partial charge in [-0.25, -0.2) is 9.97 Å². The van der Waals surface area contributed by atoms with Gasteiger partial charge in [-0.15, -0.1) is 0 Å². The number of benzene rings is 1. The third kappa shape index (κ3) is 2.11. The summed E-state index contributed by atoms with van der Waals surface area (Å²) in [4.78, 5) is 12.1. The monoisotopic (exact) mass is 234 g/mol.